The van der Waals surface area contributed by atoms with E-state index in [1.54, 1.807) is 17.7 Å². The number of hydrogen-bond donors (Lipinski definition) is 1. The topological polar surface area (TPSA) is 54.9 Å². The van der Waals surface area contributed by atoms with E-state index in [4.69, 9.17) is 0 Å². The molecule has 4 nitrogen and oxygen atoms in total. The molecule has 0 atom stereocenters. The number of amides is 1. The summed E-state index contributed by atoms with van der Waals surface area (Å²) >= 11 is 3.30. The molecule has 3 aromatic rings. The van der Waals surface area contributed by atoms with Crippen LogP contribution in [0.4, 0.5) is 5.69 Å². The molecule has 0 saturated heterocycles. The zero-order valence-electron chi connectivity index (χ0n) is 15.0. The fraction of sp³-hybridized carbons (Fsp3) is 0.350. The van der Waals surface area contributed by atoms with Crippen LogP contribution in [0, 0.1) is 13.8 Å². The summed E-state index contributed by atoms with van der Waals surface area (Å²) in [5, 5.41) is 5.14. The Bertz CT molecular complexity index is 981. The molecule has 1 aromatic carbocycles. The molecule has 0 bridgehead atoms. The van der Waals surface area contributed by atoms with Gasteiger partial charge in [0.1, 0.15) is 16.2 Å². The van der Waals surface area contributed by atoms with Crippen LogP contribution in [0.1, 0.15) is 34.4 Å². The summed E-state index contributed by atoms with van der Waals surface area (Å²) in [6, 6.07) is 6.09. The predicted octanol–water partition coefficient (Wildman–Crippen LogP) is 4.92. The molecule has 1 aliphatic carbocycles. The lowest BCUT2D eigenvalue weighted by Gasteiger charge is -2.12. The summed E-state index contributed by atoms with van der Waals surface area (Å²) in [4.78, 5) is 23.9. The van der Waals surface area contributed by atoms with Gasteiger partial charge in [-0.1, -0.05) is 23.9 Å². The van der Waals surface area contributed by atoms with Gasteiger partial charge in [-0.3, -0.25) is 4.79 Å². The van der Waals surface area contributed by atoms with Gasteiger partial charge in [-0.25, -0.2) is 9.97 Å². The van der Waals surface area contributed by atoms with E-state index in [-0.39, 0.29) is 5.91 Å². The fourth-order valence-corrected chi connectivity index (χ4v) is 5.48. The lowest BCUT2D eigenvalue weighted by atomic mass is 9.97. The van der Waals surface area contributed by atoms with Crippen molar-refractivity contribution in [3.8, 4) is 0 Å². The van der Waals surface area contributed by atoms with Crippen molar-refractivity contribution in [1.29, 1.82) is 0 Å². The highest BCUT2D eigenvalue weighted by Gasteiger charge is 2.20. The summed E-state index contributed by atoms with van der Waals surface area (Å²) in [7, 11) is 0. The Morgan fingerprint density at radius 2 is 2.08 bits per heavy atom. The minimum Gasteiger partial charge on any atom is -0.325 e. The smallest absolute Gasteiger partial charge is 0.234 e. The standard InChI is InChI=1S/C20H21N3OS2/c1-12-7-8-13(2)15(9-12)23-17(24)10-25-19-18-14-5-3-4-6-16(14)26-20(18)22-11-21-19/h7-9,11H,3-6,10H2,1-2H3,(H,23,24). The van der Waals surface area contributed by atoms with Crippen molar-refractivity contribution in [2.75, 3.05) is 11.1 Å². The number of carbonyl (C=O) groups is 1. The van der Waals surface area contributed by atoms with E-state index in [1.165, 1.54) is 40.4 Å². The average molecular weight is 384 g/mol. The summed E-state index contributed by atoms with van der Waals surface area (Å²) in [5.74, 6) is 0.351. The Hall–Kier alpha value is -1.92. The highest BCUT2D eigenvalue weighted by atomic mass is 32.2. The Morgan fingerprint density at radius 1 is 1.23 bits per heavy atom. The van der Waals surface area contributed by atoms with Crippen LogP contribution in [0.25, 0.3) is 10.2 Å². The third-order valence-corrected chi connectivity index (χ3v) is 6.91. The molecule has 0 saturated carbocycles. The van der Waals surface area contributed by atoms with Crippen LogP contribution < -0.4 is 5.32 Å². The van der Waals surface area contributed by atoms with E-state index in [0.717, 1.165) is 39.5 Å². The van der Waals surface area contributed by atoms with E-state index < -0.39 is 0 Å². The summed E-state index contributed by atoms with van der Waals surface area (Å²) in [5.41, 5.74) is 4.51. The van der Waals surface area contributed by atoms with Crippen molar-refractivity contribution in [3.63, 3.8) is 0 Å². The maximum Gasteiger partial charge on any atom is 0.234 e. The van der Waals surface area contributed by atoms with Gasteiger partial charge in [0.2, 0.25) is 5.91 Å². The quantitative estimate of drug-likeness (QED) is 0.513. The third-order valence-electron chi connectivity index (χ3n) is 4.72. The van der Waals surface area contributed by atoms with E-state index in [0.29, 0.717) is 5.75 Å². The van der Waals surface area contributed by atoms with Crippen molar-refractivity contribution in [2.45, 2.75) is 44.6 Å². The molecule has 0 fully saturated rings. The molecule has 26 heavy (non-hydrogen) atoms. The van der Waals surface area contributed by atoms with Crippen LogP contribution in [0.5, 0.6) is 0 Å². The Balaban J connectivity index is 1.52. The van der Waals surface area contributed by atoms with Crippen LogP contribution in [0.15, 0.2) is 29.6 Å². The van der Waals surface area contributed by atoms with E-state index in [1.807, 2.05) is 26.0 Å². The van der Waals surface area contributed by atoms with Crippen molar-refractivity contribution < 1.29 is 4.79 Å². The number of fused-ring (bicyclic) bond motifs is 3. The van der Waals surface area contributed by atoms with Crippen molar-refractivity contribution >= 4 is 44.9 Å². The van der Waals surface area contributed by atoms with Crippen molar-refractivity contribution in [3.05, 3.63) is 46.1 Å². The summed E-state index contributed by atoms with van der Waals surface area (Å²) in [6.07, 6.45) is 6.35. The molecular formula is C20H21N3OS2. The van der Waals surface area contributed by atoms with Gasteiger partial charge in [-0.05, 0) is 62.3 Å². The number of carbonyl (C=O) groups excluding carboxylic acids is 1. The molecule has 1 N–H and O–H groups in total. The molecule has 0 unspecified atom stereocenters. The highest BCUT2D eigenvalue weighted by molar-refractivity contribution is 8.00. The van der Waals surface area contributed by atoms with E-state index >= 15 is 0 Å². The molecule has 0 spiro atoms. The first kappa shape index (κ1) is 17.5. The normalized spacial score (nSPS) is 13.6. The first-order valence-corrected chi connectivity index (χ1v) is 10.7. The largest absolute Gasteiger partial charge is 0.325 e. The van der Waals surface area contributed by atoms with E-state index in [9.17, 15) is 4.79 Å². The van der Waals surface area contributed by atoms with Crippen molar-refractivity contribution in [1.82, 2.24) is 9.97 Å². The molecule has 0 aliphatic heterocycles. The summed E-state index contributed by atoms with van der Waals surface area (Å²) < 4.78 is 0. The van der Waals surface area contributed by atoms with Gasteiger partial charge < -0.3 is 5.32 Å². The van der Waals surface area contributed by atoms with Crippen LogP contribution in [0.3, 0.4) is 0 Å². The SMILES string of the molecule is Cc1ccc(C)c(NC(=O)CSc2ncnc3sc4c(c23)CCCC4)c1. The Labute approximate surface area is 161 Å². The van der Waals surface area contributed by atoms with Gasteiger partial charge in [0.15, 0.2) is 0 Å². The molecule has 2 heterocycles. The number of nitrogens with one attached hydrogen (secondary N) is 1. The zero-order chi connectivity index (χ0) is 18.1. The van der Waals surface area contributed by atoms with Crippen molar-refractivity contribution in [2.24, 2.45) is 0 Å². The maximum absolute atomic E-state index is 12.4. The number of hydrogen-bond acceptors (Lipinski definition) is 5. The lowest BCUT2D eigenvalue weighted by Crippen LogP contribution is -2.15. The van der Waals surface area contributed by atoms with Gasteiger partial charge in [0.05, 0.1) is 5.75 Å². The zero-order valence-corrected chi connectivity index (χ0v) is 16.6. The van der Waals surface area contributed by atoms with Crippen LogP contribution in [-0.4, -0.2) is 21.6 Å². The van der Waals surface area contributed by atoms with Gasteiger partial charge in [-0.15, -0.1) is 11.3 Å². The van der Waals surface area contributed by atoms with Crippen LogP contribution in [-0.2, 0) is 17.6 Å². The number of aryl methyl sites for hydroxylation is 4. The maximum atomic E-state index is 12.4. The molecule has 1 aliphatic rings. The predicted molar refractivity (Wildman–Crippen MR) is 109 cm³/mol. The molecule has 4 rings (SSSR count). The first-order valence-electron chi connectivity index (χ1n) is 8.87. The molecule has 0 radical (unpaired) electrons. The van der Waals surface area contributed by atoms with Gasteiger partial charge in [0.25, 0.3) is 0 Å². The number of thiophene rings is 1. The van der Waals surface area contributed by atoms with E-state index in [2.05, 4.69) is 21.4 Å². The second-order valence-electron chi connectivity index (χ2n) is 6.73. The third kappa shape index (κ3) is 3.48. The number of nitrogens with zero attached hydrogens (tertiary/aromatic N) is 2. The summed E-state index contributed by atoms with van der Waals surface area (Å²) in [6.45, 7) is 4.04. The molecular weight excluding hydrogens is 362 g/mol. The second kappa shape index (κ2) is 7.37. The molecule has 6 heteroatoms. The number of benzene rings is 1. The Morgan fingerprint density at radius 3 is 2.96 bits per heavy atom. The average Bonchev–Trinajstić information content (AvgIpc) is 3.02. The minimum absolute atomic E-state index is 0.000408. The molecule has 1 amide bonds. The first-order chi connectivity index (χ1) is 12.6. The number of thioether (sulfide) groups is 1. The minimum atomic E-state index is -0.000408. The molecule has 134 valence electrons. The number of aromatic nitrogens is 2. The molecule has 2 aromatic heterocycles. The Kier molecular flexibility index (Phi) is 4.96. The van der Waals surface area contributed by atoms with Gasteiger partial charge in [0, 0.05) is 16.0 Å². The highest BCUT2D eigenvalue weighted by Crippen LogP contribution is 2.39. The van der Waals surface area contributed by atoms with Gasteiger partial charge >= 0.3 is 0 Å². The van der Waals surface area contributed by atoms with Crippen LogP contribution in [0.2, 0.25) is 0 Å². The monoisotopic (exact) mass is 383 g/mol. The number of anilines is 1. The fourth-order valence-electron chi connectivity index (χ4n) is 3.36. The van der Waals surface area contributed by atoms with Gasteiger partial charge in [-0.2, -0.15) is 0 Å². The second-order valence-corrected chi connectivity index (χ2v) is 8.77. The van der Waals surface area contributed by atoms with Crippen LogP contribution >= 0.6 is 23.1 Å². The number of rotatable bonds is 4. The lowest BCUT2D eigenvalue weighted by molar-refractivity contribution is -0.113.